The Labute approximate surface area is 223 Å². The van der Waals surface area contributed by atoms with E-state index in [2.05, 4.69) is 30.1 Å². The Morgan fingerprint density at radius 3 is 2.56 bits per heavy atom. The molecule has 1 aromatic carbocycles. The number of benzene rings is 1. The summed E-state index contributed by atoms with van der Waals surface area (Å²) in [4.78, 5) is 13.2. The van der Waals surface area contributed by atoms with Gasteiger partial charge >= 0.3 is 6.18 Å². The van der Waals surface area contributed by atoms with Crippen molar-refractivity contribution in [2.45, 2.75) is 19.5 Å². The van der Waals surface area contributed by atoms with Crippen molar-refractivity contribution in [3.05, 3.63) is 59.4 Å². The van der Waals surface area contributed by atoms with Gasteiger partial charge < -0.3 is 9.64 Å². The molecule has 5 rings (SSSR count). The molecule has 0 radical (unpaired) electrons. The standard InChI is InChI=1S/C27H27F3N8O/c1-18-4-7-25(32-17-18)38-11-9-37(10-12-38)8-3-13-39-24-6-5-19(14-20(24)27(28,29)30)21-15-23-26(22(16-31)33-21)34-35-36(23)2/h4-7,14-15,17H,3,8-13H2,1-2H3. The molecule has 202 valence electrons. The van der Waals surface area contributed by atoms with E-state index in [9.17, 15) is 18.4 Å². The minimum absolute atomic E-state index is 0.000414. The Morgan fingerprint density at radius 2 is 1.87 bits per heavy atom. The number of nitrogens with zero attached hydrogens (tertiary/aromatic N) is 8. The van der Waals surface area contributed by atoms with E-state index in [1.807, 2.05) is 31.3 Å². The molecular weight excluding hydrogens is 509 g/mol. The van der Waals surface area contributed by atoms with Crippen molar-refractivity contribution < 1.29 is 17.9 Å². The van der Waals surface area contributed by atoms with Gasteiger partial charge in [-0.3, -0.25) is 4.90 Å². The fraction of sp³-hybridized carbons (Fsp3) is 0.370. The average molecular weight is 537 g/mol. The van der Waals surface area contributed by atoms with Gasteiger partial charge in [0, 0.05) is 51.5 Å². The number of pyridine rings is 2. The van der Waals surface area contributed by atoms with Gasteiger partial charge in [-0.15, -0.1) is 5.10 Å². The van der Waals surface area contributed by atoms with Crippen LogP contribution in [0.5, 0.6) is 5.75 Å². The lowest BCUT2D eigenvalue weighted by Crippen LogP contribution is -2.47. The molecule has 1 saturated heterocycles. The van der Waals surface area contributed by atoms with Gasteiger partial charge in [0.25, 0.3) is 0 Å². The van der Waals surface area contributed by atoms with Gasteiger partial charge in [-0.05, 0) is 49.2 Å². The van der Waals surface area contributed by atoms with E-state index in [-0.39, 0.29) is 29.3 Å². The molecule has 1 aliphatic rings. The number of halogens is 3. The van der Waals surface area contributed by atoms with Crippen molar-refractivity contribution in [2.75, 3.05) is 44.2 Å². The van der Waals surface area contributed by atoms with Crippen LogP contribution >= 0.6 is 0 Å². The maximum atomic E-state index is 14.0. The van der Waals surface area contributed by atoms with Crippen LogP contribution in [0.15, 0.2) is 42.6 Å². The van der Waals surface area contributed by atoms with Crippen LogP contribution in [0.2, 0.25) is 0 Å². The maximum absolute atomic E-state index is 14.0. The quantitative estimate of drug-likeness (QED) is 0.324. The molecule has 0 atom stereocenters. The zero-order chi connectivity index (χ0) is 27.6. The Morgan fingerprint density at radius 1 is 1.08 bits per heavy atom. The predicted octanol–water partition coefficient (Wildman–Crippen LogP) is 4.22. The smallest absolute Gasteiger partial charge is 0.419 e. The number of rotatable bonds is 7. The molecule has 0 aliphatic carbocycles. The molecular formula is C27H27F3N8O. The zero-order valence-electron chi connectivity index (χ0n) is 21.6. The monoisotopic (exact) mass is 536 g/mol. The summed E-state index contributed by atoms with van der Waals surface area (Å²) in [7, 11) is 1.64. The summed E-state index contributed by atoms with van der Waals surface area (Å²) in [5.41, 5.74) is 1.48. The third-order valence-electron chi connectivity index (χ3n) is 6.76. The van der Waals surface area contributed by atoms with E-state index < -0.39 is 11.7 Å². The van der Waals surface area contributed by atoms with Gasteiger partial charge in [0.05, 0.1) is 23.4 Å². The highest BCUT2D eigenvalue weighted by Crippen LogP contribution is 2.39. The number of anilines is 1. The molecule has 0 spiro atoms. The minimum atomic E-state index is -4.62. The molecule has 1 aliphatic heterocycles. The van der Waals surface area contributed by atoms with E-state index in [1.165, 1.54) is 16.8 Å². The largest absolute Gasteiger partial charge is 0.493 e. The summed E-state index contributed by atoms with van der Waals surface area (Å²) in [6.45, 7) is 6.29. The summed E-state index contributed by atoms with van der Waals surface area (Å²) in [5, 5.41) is 17.2. The van der Waals surface area contributed by atoms with Crippen LogP contribution in [0.25, 0.3) is 22.3 Å². The van der Waals surface area contributed by atoms with Crippen molar-refractivity contribution in [3.8, 4) is 23.1 Å². The van der Waals surface area contributed by atoms with Gasteiger partial charge in [0.1, 0.15) is 23.2 Å². The topological polar surface area (TPSA) is 96.0 Å². The number of aryl methyl sites for hydroxylation is 2. The number of alkyl halides is 3. The Kier molecular flexibility index (Phi) is 7.34. The molecule has 4 heterocycles. The number of aromatic nitrogens is 5. The number of piperazine rings is 1. The highest BCUT2D eigenvalue weighted by molar-refractivity contribution is 5.83. The summed E-state index contributed by atoms with van der Waals surface area (Å²) in [6.07, 6.45) is -2.17. The zero-order valence-corrected chi connectivity index (χ0v) is 21.6. The third kappa shape index (κ3) is 5.78. The Bertz CT molecular complexity index is 1500. The highest BCUT2D eigenvalue weighted by Gasteiger charge is 2.35. The van der Waals surface area contributed by atoms with Crippen LogP contribution in [0.1, 0.15) is 23.2 Å². The highest BCUT2D eigenvalue weighted by atomic mass is 19.4. The van der Waals surface area contributed by atoms with Gasteiger partial charge in [0.2, 0.25) is 0 Å². The SMILES string of the molecule is Cc1ccc(N2CCN(CCCOc3ccc(-c4cc5c(nnn5C)c(C#N)n4)cc3C(F)(F)F)CC2)nc1. The number of ether oxygens (including phenoxy) is 1. The van der Waals surface area contributed by atoms with Crippen molar-refractivity contribution >= 4 is 16.9 Å². The number of nitriles is 1. The number of hydrogen-bond donors (Lipinski definition) is 0. The second-order valence-corrected chi connectivity index (χ2v) is 9.48. The van der Waals surface area contributed by atoms with E-state index in [1.54, 1.807) is 13.1 Å². The maximum Gasteiger partial charge on any atom is 0.419 e. The first-order valence-corrected chi connectivity index (χ1v) is 12.6. The van der Waals surface area contributed by atoms with Gasteiger partial charge in [-0.25, -0.2) is 14.6 Å². The van der Waals surface area contributed by atoms with E-state index >= 15 is 0 Å². The Hall–Kier alpha value is -4.24. The van der Waals surface area contributed by atoms with Gasteiger partial charge in [-0.2, -0.15) is 18.4 Å². The van der Waals surface area contributed by atoms with Crippen molar-refractivity contribution in [3.63, 3.8) is 0 Å². The predicted molar refractivity (Wildman–Crippen MR) is 139 cm³/mol. The lowest BCUT2D eigenvalue weighted by molar-refractivity contribution is -0.138. The number of fused-ring (bicyclic) bond motifs is 1. The van der Waals surface area contributed by atoms with E-state index in [4.69, 9.17) is 4.74 Å². The van der Waals surface area contributed by atoms with Crippen molar-refractivity contribution in [2.24, 2.45) is 7.05 Å². The molecule has 0 unspecified atom stereocenters. The van der Waals surface area contributed by atoms with Crippen LogP contribution in [0.4, 0.5) is 19.0 Å². The van der Waals surface area contributed by atoms with Gasteiger partial charge in [-0.1, -0.05) is 11.3 Å². The third-order valence-corrected chi connectivity index (χ3v) is 6.76. The molecule has 12 heteroatoms. The van der Waals surface area contributed by atoms with Crippen LogP contribution in [0, 0.1) is 18.3 Å². The summed E-state index contributed by atoms with van der Waals surface area (Å²) < 4.78 is 48.9. The first-order chi connectivity index (χ1) is 18.7. The van der Waals surface area contributed by atoms with Gasteiger partial charge in [0.15, 0.2) is 5.69 Å². The van der Waals surface area contributed by atoms with E-state index in [0.29, 0.717) is 17.5 Å². The summed E-state index contributed by atoms with van der Waals surface area (Å²) >= 11 is 0. The molecule has 1 fully saturated rings. The van der Waals surface area contributed by atoms with Crippen molar-refractivity contribution in [1.29, 1.82) is 5.26 Å². The van der Waals surface area contributed by atoms with Crippen LogP contribution in [0.3, 0.4) is 0 Å². The molecule has 3 aromatic heterocycles. The fourth-order valence-electron chi connectivity index (χ4n) is 4.61. The Balaban J connectivity index is 1.22. The van der Waals surface area contributed by atoms with Crippen LogP contribution < -0.4 is 9.64 Å². The van der Waals surface area contributed by atoms with Crippen LogP contribution in [-0.4, -0.2) is 69.2 Å². The molecule has 4 aromatic rings. The molecule has 0 saturated carbocycles. The second kappa shape index (κ2) is 10.9. The lowest BCUT2D eigenvalue weighted by Gasteiger charge is -2.35. The molecule has 0 bridgehead atoms. The fourth-order valence-corrected chi connectivity index (χ4v) is 4.61. The normalized spacial score (nSPS) is 14.5. The average Bonchev–Trinajstić information content (AvgIpc) is 3.31. The molecule has 39 heavy (non-hydrogen) atoms. The first-order valence-electron chi connectivity index (χ1n) is 12.6. The molecule has 0 N–H and O–H groups in total. The second-order valence-electron chi connectivity index (χ2n) is 9.48. The van der Waals surface area contributed by atoms with Crippen molar-refractivity contribution in [1.82, 2.24) is 29.9 Å². The summed E-state index contributed by atoms with van der Waals surface area (Å²) in [6, 6.07) is 11.4. The minimum Gasteiger partial charge on any atom is -0.493 e. The molecule has 0 amide bonds. The summed E-state index contributed by atoms with van der Waals surface area (Å²) in [5.74, 6) is 0.730. The number of hydrogen-bond acceptors (Lipinski definition) is 8. The van der Waals surface area contributed by atoms with E-state index in [0.717, 1.165) is 50.2 Å². The van der Waals surface area contributed by atoms with Crippen LogP contribution in [-0.2, 0) is 13.2 Å². The lowest BCUT2D eigenvalue weighted by atomic mass is 10.1. The molecule has 9 nitrogen and oxygen atoms in total. The first kappa shape index (κ1) is 26.4.